The van der Waals surface area contributed by atoms with Crippen molar-refractivity contribution < 1.29 is 22.7 Å². The maximum absolute atomic E-state index is 13.1. The molecule has 0 N–H and O–H groups in total. The summed E-state index contributed by atoms with van der Waals surface area (Å²) in [5, 5.41) is 0. The van der Waals surface area contributed by atoms with Gasteiger partial charge in [0, 0.05) is 13.2 Å². The van der Waals surface area contributed by atoms with E-state index >= 15 is 0 Å². The molecule has 0 unspecified atom stereocenters. The Labute approximate surface area is 159 Å². The molecule has 0 radical (unpaired) electrons. The van der Waals surface area contributed by atoms with Crippen molar-refractivity contribution in [2.75, 3.05) is 30.7 Å². The van der Waals surface area contributed by atoms with Crippen LogP contribution < -0.4 is 4.31 Å². The predicted octanol–water partition coefficient (Wildman–Crippen LogP) is 3.02. The van der Waals surface area contributed by atoms with Crippen molar-refractivity contribution in [3.63, 3.8) is 0 Å². The zero-order valence-corrected chi connectivity index (χ0v) is 16.1. The van der Waals surface area contributed by atoms with Gasteiger partial charge in [0.25, 0.3) is 10.0 Å². The summed E-state index contributed by atoms with van der Waals surface area (Å²) in [6.07, 6.45) is 1.65. The largest absolute Gasteiger partial charge is 0.460 e. The summed E-state index contributed by atoms with van der Waals surface area (Å²) in [6.45, 7) is 3.37. The van der Waals surface area contributed by atoms with Crippen molar-refractivity contribution >= 4 is 21.7 Å². The topological polar surface area (TPSA) is 72.9 Å². The Morgan fingerprint density at radius 1 is 1.07 bits per heavy atom. The van der Waals surface area contributed by atoms with Crippen LogP contribution in [0, 0.1) is 0 Å². The number of nitrogens with zero attached hydrogens (tertiary/aromatic N) is 1. The molecule has 0 aliphatic carbocycles. The van der Waals surface area contributed by atoms with Crippen molar-refractivity contribution in [1.82, 2.24) is 0 Å². The molecule has 0 spiro atoms. The number of fused-ring (bicyclic) bond motifs is 1. The molecule has 2 aromatic rings. The quantitative estimate of drug-likeness (QED) is 0.538. The number of carbonyl (C=O) groups is 1. The summed E-state index contributed by atoms with van der Waals surface area (Å²) in [5.41, 5.74) is 2.06. The third-order valence-electron chi connectivity index (χ3n) is 4.41. The van der Waals surface area contributed by atoms with Gasteiger partial charge in [-0.05, 0) is 55.7 Å². The van der Waals surface area contributed by atoms with Crippen molar-refractivity contribution in [2.45, 2.75) is 24.7 Å². The van der Waals surface area contributed by atoms with Crippen LogP contribution in [0.15, 0.2) is 53.4 Å². The number of rotatable bonds is 7. The lowest BCUT2D eigenvalue weighted by Crippen LogP contribution is -2.35. The van der Waals surface area contributed by atoms with Crippen LogP contribution in [-0.4, -0.2) is 40.8 Å². The molecular weight excluding hydrogens is 366 g/mol. The van der Waals surface area contributed by atoms with Crippen LogP contribution in [0.1, 0.15) is 29.3 Å². The predicted molar refractivity (Wildman–Crippen MR) is 103 cm³/mol. The van der Waals surface area contributed by atoms with E-state index in [0.717, 1.165) is 24.1 Å². The minimum Gasteiger partial charge on any atom is -0.460 e. The summed E-state index contributed by atoms with van der Waals surface area (Å²) >= 11 is 0. The van der Waals surface area contributed by atoms with Crippen LogP contribution in [0.2, 0.25) is 0 Å². The average Bonchev–Trinajstić information content (AvgIpc) is 2.70. The highest BCUT2D eigenvalue weighted by Gasteiger charge is 2.28. The van der Waals surface area contributed by atoms with Crippen LogP contribution in [0.5, 0.6) is 0 Å². The lowest BCUT2D eigenvalue weighted by Gasteiger charge is -2.30. The van der Waals surface area contributed by atoms with Crippen molar-refractivity contribution in [3.8, 4) is 0 Å². The molecule has 27 heavy (non-hydrogen) atoms. The van der Waals surface area contributed by atoms with Gasteiger partial charge in [-0.3, -0.25) is 4.31 Å². The van der Waals surface area contributed by atoms with Crippen LogP contribution in [0.25, 0.3) is 0 Å². The van der Waals surface area contributed by atoms with E-state index in [-0.39, 0.29) is 11.5 Å². The molecule has 0 fully saturated rings. The Morgan fingerprint density at radius 3 is 2.56 bits per heavy atom. The van der Waals surface area contributed by atoms with Gasteiger partial charge >= 0.3 is 5.97 Å². The second kappa shape index (κ2) is 8.54. The van der Waals surface area contributed by atoms with E-state index in [1.54, 1.807) is 0 Å². The number of benzene rings is 2. The first-order valence-corrected chi connectivity index (χ1v) is 10.4. The van der Waals surface area contributed by atoms with Gasteiger partial charge in [-0.1, -0.05) is 18.2 Å². The summed E-state index contributed by atoms with van der Waals surface area (Å²) in [6, 6.07) is 13.4. The van der Waals surface area contributed by atoms with E-state index in [9.17, 15) is 13.2 Å². The monoisotopic (exact) mass is 389 g/mol. The number of hydrogen-bond donors (Lipinski definition) is 0. The van der Waals surface area contributed by atoms with Gasteiger partial charge in [-0.15, -0.1) is 0 Å². The molecule has 144 valence electrons. The van der Waals surface area contributed by atoms with Gasteiger partial charge in [0.1, 0.15) is 6.61 Å². The molecule has 7 heteroatoms. The van der Waals surface area contributed by atoms with Gasteiger partial charge in [-0.2, -0.15) is 0 Å². The van der Waals surface area contributed by atoms with Gasteiger partial charge < -0.3 is 9.47 Å². The van der Waals surface area contributed by atoms with Crippen LogP contribution in [0.4, 0.5) is 5.69 Å². The Bertz CT molecular complexity index is 893. The fourth-order valence-electron chi connectivity index (χ4n) is 3.06. The number of aryl methyl sites for hydroxylation is 1. The van der Waals surface area contributed by atoms with E-state index in [1.165, 1.54) is 28.6 Å². The second-order valence-electron chi connectivity index (χ2n) is 6.17. The second-order valence-corrected chi connectivity index (χ2v) is 8.03. The fourth-order valence-corrected chi connectivity index (χ4v) is 4.60. The summed E-state index contributed by atoms with van der Waals surface area (Å²) in [5.74, 6) is -0.498. The third-order valence-corrected chi connectivity index (χ3v) is 6.24. The number of anilines is 1. The molecule has 3 rings (SSSR count). The summed E-state index contributed by atoms with van der Waals surface area (Å²) < 4.78 is 37.8. The van der Waals surface area contributed by atoms with E-state index in [1.807, 2.05) is 31.2 Å². The molecule has 2 aromatic carbocycles. The highest BCUT2D eigenvalue weighted by atomic mass is 32.2. The molecule has 0 aromatic heterocycles. The minimum atomic E-state index is -3.68. The molecule has 6 nitrogen and oxygen atoms in total. The Morgan fingerprint density at radius 2 is 1.81 bits per heavy atom. The van der Waals surface area contributed by atoms with E-state index in [0.29, 0.717) is 25.3 Å². The fraction of sp³-hybridized carbons (Fsp3) is 0.350. The normalized spacial score (nSPS) is 13.9. The number of para-hydroxylation sites is 1. The number of esters is 1. The van der Waals surface area contributed by atoms with Crippen LogP contribution in [-0.2, 0) is 25.9 Å². The van der Waals surface area contributed by atoms with Crippen LogP contribution in [0.3, 0.4) is 0 Å². The Kier molecular flexibility index (Phi) is 6.13. The van der Waals surface area contributed by atoms with Gasteiger partial charge in [-0.25, -0.2) is 13.2 Å². The van der Waals surface area contributed by atoms with E-state index < -0.39 is 16.0 Å². The molecule has 0 bridgehead atoms. The smallest absolute Gasteiger partial charge is 0.338 e. The van der Waals surface area contributed by atoms with Crippen molar-refractivity contribution in [1.29, 1.82) is 0 Å². The van der Waals surface area contributed by atoms with Gasteiger partial charge in [0.15, 0.2) is 0 Å². The average molecular weight is 389 g/mol. The number of ether oxygens (including phenoxy) is 2. The minimum absolute atomic E-state index is 0.157. The zero-order valence-electron chi connectivity index (χ0n) is 15.3. The Hall–Kier alpha value is -2.38. The summed E-state index contributed by atoms with van der Waals surface area (Å²) in [4.78, 5) is 12.2. The SMILES string of the molecule is CCOCCOC(=O)c1ccc(S(=O)(=O)N2CCCc3ccccc32)cc1. The first-order chi connectivity index (χ1) is 13.0. The molecule has 0 amide bonds. The first-order valence-electron chi connectivity index (χ1n) is 8.99. The van der Waals surface area contributed by atoms with Crippen molar-refractivity contribution in [2.24, 2.45) is 0 Å². The number of hydrogen-bond acceptors (Lipinski definition) is 5. The molecule has 1 aliphatic rings. The van der Waals surface area contributed by atoms with E-state index in [4.69, 9.17) is 9.47 Å². The lowest BCUT2D eigenvalue weighted by atomic mass is 10.0. The maximum atomic E-state index is 13.1. The van der Waals surface area contributed by atoms with E-state index in [2.05, 4.69) is 0 Å². The highest BCUT2D eigenvalue weighted by Crippen LogP contribution is 2.31. The number of carbonyl (C=O) groups excluding carboxylic acids is 1. The highest BCUT2D eigenvalue weighted by molar-refractivity contribution is 7.92. The molecule has 1 heterocycles. The summed E-state index contributed by atoms with van der Waals surface area (Å²) in [7, 11) is -3.68. The van der Waals surface area contributed by atoms with Gasteiger partial charge in [0.05, 0.1) is 22.8 Å². The Balaban J connectivity index is 1.76. The number of sulfonamides is 1. The molecule has 1 aliphatic heterocycles. The molecule has 0 saturated carbocycles. The molecule has 0 atom stereocenters. The van der Waals surface area contributed by atoms with Gasteiger partial charge in [0.2, 0.25) is 0 Å². The maximum Gasteiger partial charge on any atom is 0.338 e. The van der Waals surface area contributed by atoms with Crippen LogP contribution >= 0.6 is 0 Å². The third kappa shape index (κ3) is 4.31. The zero-order chi connectivity index (χ0) is 19.3. The van der Waals surface area contributed by atoms with Crippen molar-refractivity contribution in [3.05, 3.63) is 59.7 Å². The first kappa shape index (κ1) is 19.4. The lowest BCUT2D eigenvalue weighted by molar-refractivity contribution is 0.0335. The molecule has 0 saturated heterocycles. The molecular formula is C20H23NO5S. The standard InChI is InChI=1S/C20H23NO5S/c1-2-25-14-15-26-20(22)17-9-11-18(12-10-17)27(23,24)21-13-5-7-16-6-3-4-8-19(16)21/h3-4,6,8-12H,2,5,7,13-15H2,1H3.